The number of benzene rings is 3. The first-order valence-electron chi connectivity index (χ1n) is 13.2. The molecule has 0 saturated heterocycles. The molecule has 0 aromatic heterocycles. The average molecular weight is 531 g/mol. The van der Waals surface area contributed by atoms with E-state index in [4.69, 9.17) is 0 Å². The fraction of sp³-hybridized carbons (Fsp3) is 0.355. The lowest BCUT2D eigenvalue weighted by molar-refractivity contribution is -0.132. The molecular weight excluding hydrogens is 492 g/mol. The van der Waals surface area contributed by atoms with Crippen molar-refractivity contribution in [1.82, 2.24) is 16.0 Å². The smallest absolute Gasteiger partial charge is 0.243 e. The van der Waals surface area contributed by atoms with Crippen LogP contribution in [0.5, 0.6) is 0 Å². The Morgan fingerprint density at radius 3 is 2.13 bits per heavy atom. The minimum atomic E-state index is -1.07. The Labute approximate surface area is 229 Å². The van der Waals surface area contributed by atoms with Crippen molar-refractivity contribution in [1.29, 1.82) is 0 Å². The predicted octanol–water partition coefficient (Wildman–Crippen LogP) is 4.10. The molecule has 4 amide bonds. The van der Waals surface area contributed by atoms with Gasteiger partial charge in [0.1, 0.15) is 6.04 Å². The molecule has 0 aliphatic carbocycles. The molecule has 0 saturated carbocycles. The van der Waals surface area contributed by atoms with E-state index in [1.807, 2.05) is 93.6 Å². The summed E-state index contributed by atoms with van der Waals surface area (Å²) in [6.45, 7) is 7.24. The molecule has 3 aromatic carbocycles. The van der Waals surface area contributed by atoms with Crippen LogP contribution < -0.4 is 21.3 Å². The molecule has 0 unspecified atom stereocenters. The summed E-state index contributed by atoms with van der Waals surface area (Å²) in [5, 5.41) is 13.2. The van der Waals surface area contributed by atoms with E-state index < -0.39 is 23.5 Å². The van der Waals surface area contributed by atoms with Gasteiger partial charge in [0.05, 0.1) is 6.42 Å². The van der Waals surface area contributed by atoms with Crippen molar-refractivity contribution in [3.8, 4) is 0 Å². The quantitative estimate of drug-likeness (QED) is 0.299. The average Bonchev–Trinajstić information content (AvgIpc) is 2.86. The van der Waals surface area contributed by atoms with Crippen molar-refractivity contribution in [3.05, 3.63) is 78.4 Å². The van der Waals surface area contributed by atoms with Gasteiger partial charge in [-0.15, -0.1) is 0 Å². The molecule has 8 heteroatoms. The van der Waals surface area contributed by atoms with Gasteiger partial charge in [0, 0.05) is 35.5 Å². The number of carbonyl (C=O) groups is 4. The largest absolute Gasteiger partial charge is 0.351 e. The molecule has 3 aromatic rings. The van der Waals surface area contributed by atoms with E-state index in [1.165, 1.54) is 0 Å². The maximum Gasteiger partial charge on any atom is 0.243 e. The van der Waals surface area contributed by atoms with Gasteiger partial charge in [-0.2, -0.15) is 0 Å². The van der Waals surface area contributed by atoms with Crippen molar-refractivity contribution in [2.24, 2.45) is 0 Å². The Balaban J connectivity index is 1.60. The first kappa shape index (κ1) is 29.4. The molecule has 39 heavy (non-hydrogen) atoms. The van der Waals surface area contributed by atoms with Crippen molar-refractivity contribution in [3.63, 3.8) is 0 Å². The molecule has 0 bridgehead atoms. The monoisotopic (exact) mass is 530 g/mol. The van der Waals surface area contributed by atoms with Crippen molar-refractivity contribution in [2.75, 3.05) is 5.32 Å². The predicted molar refractivity (Wildman–Crippen MR) is 154 cm³/mol. The molecule has 0 spiro atoms. The molecule has 4 N–H and O–H groups in total. The fourth-order valence-corrected chi connectivity index (χ4v) is 4.24. The Morgan fingerprint density at radius 1 is 0.744 bits per heavy atom. The zero-order valence-electron chi connectivity index (χ0n) is 23.0. The van der Waals surface area contributed by atoms with Crippen LogP contribution >= 0.6 is 0 Å². The van der Waals surface area contributed by atoms with Crippen LogP contribution in [-0.4, -0.2) is 41.3 Å². The van der Waals surface area contributed by atoms with Crippen LogP contribution in [0, 0.1) is 0 Å². The second kappa shape index (κ2) is 13.6. The molecule has 206 valence electrons. The highest BCUT2D eigenvalue weighted by molar-refractivity contribution is 6.02. The second-order valence-electron chi connectivity index (χ2n) is 10.8. The minimum Gasteiger partial charge on any atom is -0.351 e. The Hall–Kier alpha value is -4.20. The highest BCUT2D eigenvalue weighted by Crippen LogP contribution is 2.23. The minimum absolute atomic E-state index is 0.0256. The number of nitrogens with one attached hydrogen (secondary N) is 4. The molecule has 8 nitrogen and oxygen atoms in total. The zero-order valence-corrected chi connectivity index (χ0v) is 23.0. The van der Waals surface area contributed by atoms with Crippen LogP contribution in [0.2, 0.25) is 0 Å². The number of fused-ring (bicyclic) bond motifs is 1. The first-order chi connectivity index (χ1) is 18.5. The van der Waals surface area contributed by atoms with Gasteiger partial charge in [-0.3, -0.25) is 19.2 Å². The van der Waals surface area contributed by atoms with E-state index in [9.17, 15) is 19.2 Å². The summed E-state index contributed by atoms with van der Waals surface area (Å²) in [4.78, 5) is 51.2. The van der Waals surface area contributed by atoms with E-state index in [0.717, 1.165) is 16.3 Å². The standard InChI is InChI=1S/C31H38N4O4/c1-21(19-28(37)33-25-16-10-14-23-13-8-9-15-24(23)25)32-30(39)26(20-29(38)35-31(2,3)4)34-27(36)18-17-22-11-6-5-7-12-22/h5-16,21,26H,17-20H2,1-4H3,(H,32,39)(H,33,37)(H,34,36)(H,35,38)/t21-,26-/m0/s1. The molecule has 3 rings (SSSR count). The maximum absolute atomic E-state index is 13.1. The first-order valence-corrected chi connectivity index (χ1v) is 13.2. The topological polar surface area (TPSA) is 116 Å². The van der Waals surface area contributed by atoms with Gasteiger partial charge in [-0.1, -0.05) is 66.7 Å². The van der Waals surface area contributed by atoms with Crippen molar-refractivity contribution in [2.45, 2.75) is 71.0 Å². The van der Waals surface area contributed by atoms with Crippen LogP contribution in [0.1, 0.15) is 52.5 Å². The van der Waals surface area contributed by atoms with E-state index in [1.54, 1.807) is 6.92 Å². The summed E-state index contributed by atoms with van der Waals surface area (Å²) < 4.78 is 0. The van der Waals surface area contributed by atoms with Crippen LogP contribution in [0.4, 0.5) is 5.69 Å². The highest BCUT2D eigenvalue weighted by Gasteiger charge is 2.27. The van der Waals surface area contributed by atoms with E-state index in [-0.39, 0.29) is 37.0 Å². The molecule has 0 radical (unpaired) electrons. The number of hydrogen-bond acceptors (Lipinski definition) is 4. The molecule has 0 aliphatic heterocycles. The van der Waals surface area contributed by atoms with Crippen molar-refractivity contribution >= 4 is 40.1 Å². The van der Waals surface area contributed by atoms with Crippen LogP contribution in [0.15, 0.2) is 72.8 Å². The number of anilines is 1. The van der Waals surface area contributed by atoms with Gasteiger partial charge in [0.25, 0.3) is 0 Å². The van der Waals surface area contributed by atoms with E-state index in [0.29, 0.717) is 12.1 Å². The third-order valence-electron chi connectivity index (χ3n) is 5.98. The highest BCUT2D eigenvalue weighted by atomic mass is 16.2. The Bertz CT molecular complexity index is 1300. The summed E-state index contributed by atoms with van der Waals surface area (Å²) in [7, 11) is 0. The number of aryl methyl sites for hydroxylation is 1. The Kier molecular flexibility index (Phi) is 10.2. The molecule has 0 aliphatic rings. The zero-order chi connectivity index (χ0) is 28.4. The Morgan fingerprint density at radius 2 is 1.41 bits per heavy atom. The van der Waals surface area contributed by atoms with Gasteiger partial charge in [0.2, 0.25) is 23.6 Å². The lowest BCUT2D eigenvalue weighted by Gasteiger charge is -2.24. The third-order valence-corrected chi connectivity index (χ3v) is 5.98. The maximum atomic E-state index is 13.1. The molecule has 0 heterocycles. The van der Waals surface area contributed by atoms with Gasteiger partial charge in [-0.25, -0.2) is 0 Å². The van der Waals surface area contributed by atoms with E-state index >= 15 is 0 Å². The second-order valence-corrected chi connectivity index (χ2v) is 10.8. The molecule has 2 atom stereocenters. The van der Waals surface area contributed by atoms with Crippen LogP contribution in [-0.2, 0) is 25.6 Å². The van der Waals surface area contributed by atoms with Gasteiger partial charge in [0.15, 0.2) is 0 Å². The van der Waals surface area contributed by atoms with Gasteiger partial charge in [-0.05, 0) is 51.1 Å². The number of amides is 4. The number of carbonyl (C=O) groups excluding carboxylic acids is 4. The fourth-order valence-electron chi connectivity index (χ4n) is 4.24. The van der Waals surface area contributed by atoms with Gasteiger partial charge < -0.3 is 21.3 Å². The summed E-state index contributed by atoms with van der Waals surface area (Å²) in [5.41, 5.74) is 1.21. The summed E-state index contributed by atoms with van der Waals surface area (Å²) >= 11 is 0. The summed E-state index contributed by atoms with van der Waals surface area (Å²) in [5.74, 6) is -1.46. The number of rotatable bonds is 11. The summed E-state index contributed by atoms with van der Waals surface area (Å²) in [6, 6.07) is 21.4. The molecular formula is C31H38N4O4. The third kappa shape index (κ3) is 9.89. The van der Waals surface area contributed by atoms with E-state index in [2.05, 4.69) is 21.3 Å². The molecule has 0 fully saturated rings. The van der Waals surface area contributed by atoms with Crippen LogP contribution in [0.3, 0.4) is 0 Å². The lowest BCUT2D eigenvalue weighted by atomic mass is 10.1. The van der Waals surface area contributed by atoms with Gasteiger partial charge >= 0.3 is 0 Å². The van der Waals surface area contributed by atoms with Crippen LogP contribution in [0.25, 0.3) is 10.8 Å². The summed E-state index contributed by atoms with van der Waals surface area (Å²) in [6.07, 6.45) is 0.505. The lowest BCUT2D eigenvalue weighted by Crippen LogP contribution is -2.52. The van der Waals surface area contributed by atoms with Crippen molar-refractivity contribution < 1.29 is 19.2 Å². The normalized spacial score (nSPS) is 12.7. The number of hydrogen-bond donors (Lipinski definition) is 4. The SMILES string of the molecule is C[C@@H](CC(=O)Nc1cccc2ccccc12)NC(=O)[C@H](CC(=O)NC(C)(C)C)NC(=O)CCc1ccccc1.